The van der Waals surface area contributed by atoms with E-state index in [4.69, 9.17) is 4.74 Å². The van der Waals surface area contributed by atoms with Gasteiger partial charge >= 0.3 is 0 Å². The largest absolute Gasteiger partial charge is 0.378 e. The Morgan fingerprint density at radius 1 is 1.06 bits per heavy atom. The Morgan fingerprint density at radius 2 is 1.78 bits per heavy atom. The number of aryl methyl sites for hydroxylation is 1. The second-order valence-electron chi connectivity index (χ2n) is 8.87. The van der Waals surface area contributed by atoms with Gasteiger partial charge in [-0.15, -0.1) is 0 Å². The summed E-state index contributed by atoms with van der Waals surface area (Å²) in [5.74, 6) is 0.967. The molecule has 1 aromatic heterocycles. The van der Waals surface area contributed by atoms with Gasteiger partial charge in [-0.2, -0.15) is 0 Å². The van der Waals surface area contributed by atoms with Crippen molar-refractivity contribution < 1.29 is 14.3 Å². The number of amides is 2. The van der Waals surface area contributed by atoms with Gasteiger partial charge in [0.15, 0.2) is 0 Å². The summed E-state index contributed by atoms with van der Waals surface area (Å²) in [5, 5.41) is 0. The van der Waals surface area contributed by atoms with E-state index in [1.807, 2.05) is 11.8 Å². The van der Waals surface area contributed by atoms with Gasteiger partial charge in [0.1, 0.15) is 5.82 Å². The minimum atomic E-state index is -0.0350. The van der Waals surface area contributed by atoms with Crippen molar-refractivity contribution in [1.82, 2.24) is 24.7 Å². The normalized spacial score (nSPS) is 21.1. The Morgan fingerprint density at radius 3 is 2.47 bits per heavy atom. The molecule has 2 aromatic rings. The van der Waals surface area contributed by atoms with Crippen LogP contribution in [-0.2, 0) is 22.6 Å². The highest BCUT2D eigenvalue weighted by atomic mass is 16.5. The molecule has 1 aromatic carbocycles. The summed E-state index contributed by atoms with van der Waals surface area (Å²) in [6.07, 6.45) is 2.50. The number of ether oxygens (including phenoxy) is 1. The Balaban J connectivity index is 1.18. The fraction of sp³-hybridized carbons (Fsp3) is 0.500. The number of carbonyl (C=O) groups excluding carboxylic acids is 2. The summed E-state index contributed by atoms with van der Waals surface area (Å²) in [6.45, 7) is 7.66. The number of nitrogens with zero attached hydrogens (tertiary/aromatic N) is 5. The molecule has 0 radical (unpaired) electrons. The van der Waals surface area contributed by atoms with Gasteiger partial charge in [-0.1, -0.05) is 24.3 Å². The van der Waals surface area contributed by atoms with Crippen LogP contribution in [0, 0.1) is 6.92 Å². The van der Waals surface area contributed by atoms with E-state index >= 15 is 0 Å². The second-order valence-corrected chi connectivity index (χ2v) is 8.87. The van der Waals surface area contributed by atoms with Crippen LogP contribution in [0.15, 0.2) is 30.5 Å². The molecule has 5 rings (SSSR count). The Bertz CT molecular complexity index is 995. The van der Waals surface area contributed by atoms with Gasteiger partial charge in [-0.3, -0.25) is 14.5 Å². The van der Waals surface area contributed by atoms with E-state index in [1.165, 1.54) is 11.1 Å². The topological polar surface area (TPSA) is 78.9 Å². The summed E-state index contributed by atoms with van der Waals surface area (Å²) >= 11 is 0. The molecular weight excluding hydrogens is 406 g/mol. The second kappa shape index (κ2) is 8.96. The van der Waals surface area contributed by atoms with Crippen LogP contribution in [0.1, 0.15) is 45.3 Å². The first-order chi connectivity index (χ1) is 15.6. The molecule has 2 amide bonds. The number of fused-ring (bicyclic) bond motifs is 1. The van der Waals surface area contributed by atoms with Crippen LogP contribution in [0.2, 0.25) is 0 Å². The first kappa shape index (κ1) is 21.0. The van der Waals surface area contributed by atoms with Gasteiger partial charge in [-0.25, -0.2) is 9.97 Å². The van der Waals surface area contributed by atoms with Crippen LogP contribution in [0.25, 0.3) is 0 Å². The van der Waals surface area contributed by atoms with Crippen LogP contribution >= 0.6 is 0 Å². The molecule has 32 heavy (non-hydrogen) atoms. The van der Waals surface area contributed by atoms with E-state index in [0.29, 0.717) is 50.7 Å². The third-order valence-corrected chi connectivity index (χ3v) is 6.70. The molecule has 0 unspecified atom stereocenters. The monoisotopic (exact) mass is 435 g/mol. The molecule has 2 saturated heterocycles. The maximum absolute atomic E-state index is 12.9. The first-order valence-corrected chi connectivity index (χ1v) is 11.4. The molecule has 168 valence electrons. The van der Waals surface area contributed by atoms with Crippen molar-refractivity contribution in [3.63, 3.8) is 0 Å². The summed E-state index contributed by atoms with van der Waals surface area (Å²) < 4.78 is 5.33. The number of benzene rings is 1. The van der Waals surface area contributed by atoms with E-state index in [1.54, 1.807) is 11.1 Å². The molecule has 3 aliphatic heterocycles. The molecule has 0 aliphatic carbocycles. The molecule has 3 aliphatic rings. The van der Waals surface area contributed by atoms with Crippen LogP contribution in [0.3, 0.4) is 0 Å². The van der Waals surface area contributed by atoms with Gasteiger partial charge in [-0.05, 0) is 24.5 Å². The average Bonchev–Trinajstić information content (AvgIpc) is 3.46. The van der Waals surface area contributed by atoms with Gasteiger partial charge < -0.3 is 14.5 Å². The van der Waals surface area contributed by atoms with Gasteiger partial charge in [0.2, 0.25) is 5.91 Å². The Kier molecular flexibility index (Phi) is 5.89. The predicted molar refractivity (Wildman–Crippen MR) is 118 cm³/mol. The van der Waals surface area contributed by atoms with Crippen molar-refractivity contribution in [2.45, 2.75) is 32.4 Å². The summed E-state index contributed by atoms with van der Waals surface area (Å²) in [5.41, 5.74) is 3.88. The van der Waals surface area contributed by atoms with E-state index in [-0.39, 0.29) is 17.7 Å². The minimum absolute atomic E-state index is 0.0350. The summed E-state index contributed by atoms with van der Waals surface area (Å²) in [7, 11) is 0. The fourth-order valence-electron chi connectivity index (χ4n) is 4.83. The van der Waals surface area contributed by atoms with Crippen molar-refractivity contribution in [1.29, 1.82) is 0 Å². The lowest BCUT2D eigenvalue weighted by atomic mass is 10.1. The van der Waals surface area contributed by atoms with Crippen molar-refractivity contribution in [2.24, 2.45) is 0 Å². The molecule has 0 bridgehead atoms. The molecule has 8 heteroatoms. The molecule has 8 nitrogen and oxygen atoms in total. The number of aromatic nitrogens is 2. The Hall–Kier alpha value is -2.84. The Labute approximate surface area is 188 Å². The molecule has 1 atom stereocenters. The lowest BCUT2D eigenvalue weighted by molar-refractivity contribution is -0.131. The maximum atomic E-state index is 12.9. The number of likely N-dealkylation sites (tertiary alicyclic amines) is 1. The van der Waals surface area contributed by atoms with Crippen molar-refractivity contribution >= 4 is 11.8 Å². The van der Waals surface area contributed by atoms with E-state index in [2.05, 4.69) is 39.1 Å². The van der Waals surface area contributed by atoms with Crippen molar-refractivity contribution in [3.8, 4) is 0 Å². The van der Waals surface area contributed by atoms with E-state index < -0.39 is 0 Å². The zero-order valence-corrected chi connectivity index (χ0v) is 18.5. The fourth-order valence-corrected chi connectivity index (χ4v) is 4.83. The van der Waals surface area contributed by atoms with Gasteiger partial charge in [0, 0.05) is 51.4 Å². The predicted octanol–water partition coefficient (Wildman–Crippen LogP) is 1.59. The summed E-state index contributed by atoms with van der Waals surface area (Å²) in [4.78, 5) is 40.8. The maximum Gasteiger partial charge on any atom is 0.257 e. The quantitative estimate of drug-likeness (QED) is 0.726. The number of rotatable bonds is 4. The average molecular weight is 436 g/mol. The number of morpholine rings is 1. The highest BCUT2D eigenvalue weighted by molar-refractivity contribution is 5.95. The number of hydrogen-bond donors (Lipinski definition) is 0. The lowest BCUT2D eigenvalue weighted by Gasteiger charge is -2.27. The van der Waals surface area contributed by atoms with Crippen LogP contribution < -0.4 is 0 Å². The zero-order valence-electron chi connectivity index (χ0n) is 18.5. The molecule has 2 fully saturated rings. The molecule has 0 spiro atoms. The summed E-state index contributed by atoms with van der Waals surface area (Å²) in [6, 6.07) is 8.38. The first-order valence-electron chi connectivity index (χ1n) is 11.4. The van der Waals surface area contributed by atoms with E-state index in [9.17, 15) is 9.59 Å². The number of hydrogen-bond acceptors (Lipinski definition) is 6. The third kappa shape index (κ3) is 4.25. The van der Waals surface area contributed by atoms with Gasteiger partial charge in [0.25, 0.3) is 5.91 Å². The molecule has 0 N–H and O–H groups in total. The van der Waals surface area contributed by atoms with Crippen LogP contribution in [0.5, 0.6) is 0 Å². The minimum Gasteiger partial charge on any atom is -0.378 e. The van der Waals surface area contributed by atoms with Gasteiger partial charge in [0.05, 0.1) is 31.0 Å². The SMILES string of the molecule is Cc1nc([C@H]2CCN(C(=O)CN3Cc4ccccc4C3)C2)ncc1C(=O)N1CCOCC1. The molecular formula is C24H29N5O3. The number of carbonyl (C=O) groups is 2. The molecule has 4 heterocycles. The molecule has 0 saturated carbocycles. The lowest BCUT2D eigenvalue weighted by Crippen LogP contribution is -2.41. The standard InChI is InChI=1S/C24H29N5O3/c1-17-21(24(31)28-8-10-32-11-9-28)12-25-23(26-17)20-6-7-29(15-20)22(30)16-27-13-18-4-2-3-5-19(18)14-27/h2-5,12,20H,6-11,13-16H2,1H3/t20-/m0/s1. The van der Waals surface area contributed by atoms with Crippen LogP contribution in [-0.4, -0.2) is 82.4 Å². The van der Waals surface area contributed by atoms with E-state index in [0.717, 1.165) is 31.9 Å². The smallest absolute Gasteiger partial charge is 0.257 e. The van der Waals surface area contributed by atoms with Crippen molar-refractivity contribution in [3.05, 3.63) is 58.7 Å². The van der Waals surface area contributed by atoms with Crippen molar-refractivity contribution in [2.75, 3.05) is 45.9 Å². The highest BCUT2D eigenvalue weighted by Crippen LogP contribution is 2.27. The van der Waals surface area contributed by atoms with Crippen LogP contribution in [0.4, 0.5) is 0 Å². The zero-order chi connectivity index (χ0) is 22.1. The highest BCUT2D eigenvalue weighted by Gasteiger charge is 2.31. The third-order valence-electron chi connectivity index (χ3n) is 6.70.